The van der Waals surface area contributed by atoms with E-state index in [1.54, 1.807) is 0 Å². The van der Waals surface area contributed by atoms with Crippen LogP contribution in [-0.4, -0.2) is 5.91 Å². The highest BCUT2D eigenvalue weighted by Crippen LogP contribution is 2.21. The molecule has 1 unspecified atom stereocenters. The molecule has 0 fully saturated rings. The second-order valence-corrected chi connectivity index (χ2v) is 4.74. The van der Waals surface area contributed by atoms with Crippen molar-refractivity contribution in [3.63, 3.8) is 0 Å². The van der Waals surface area contributed by atoms with Crippen molar-refractivity contribution in [2.75, 3.05) is 0 Å². The van der Waals surface area contributed by atoms with Gasteiger partial charge in [0.2, 0.25) is 5.91 Å². The summed E-state index contributed by atoms with van der Waals surface area (Å²) < 4.78 is 0. The van der Waals surface area contributed by atoms with Crippen LogP contribution in [0.4, 0.5) is 0 Å². The highest BCUT2D eigenvalue weighted by Gasteiger charge is 2.16. The molecule has 2 aromatic carbocycles. The molecule has 0 spiro atoms. The molecular formula is C17H19NO. The van der Waals surface area contributed by atoms with Gasteiger partial charge in [-0.05, 0) is 30.4 Å². The van der Waals surface area contributed by atoms with Gasteiger partial charge in [0.15, 0.2) is 0 Å². The van der Waals surface area contributed by atoms with Crippen molar-refractivity contribution >= 4 is 5.91 Å². The number of amides is 1. The Morgan fingerprint density at radius 2 is 1.53 bits per heavy atom. The van der Waals surface area contributed by atoms with Gasteiger partial charge in [0, 0.05) is 0 Å². The number of primary amides is 1. The lowest BCUT2D eigenvalue weighted by molar-refractivity contribution is -0.119. The minimum Gasteiger partial charge on any atom is -0.369 e. The second kappa shape index (κ2) is 6.74. The number of rotatable bonds is 6. The van der Waals surface area contributed by atoms with Crippen molar-refractivity contribution in [3.8, 4) is 0 Å². The van der Waals surface area contributed by atoms with E-state index in [-0.39, 0.29) is 11.8 Å². The first-order valence-electron chi connectivity index (χ1n) is 6.65. The van der Waals surface area contributed by atoms with Gasteiger partial charge in [-0.2, -0.15) is 0 Å². The molecule has 0 aliphatic rings. The maximum atomic E-state index is 11.6. The van der Waals surface area contributed by atoms with Crippen LogP contribution < -0.4 is 5.73 Å². The van der Waals surface area contributed by atoms with E-state index in [0.717, 1.165) is 24.8 Å². The molecule has 2 heteroatoms. The molecule has 2 aromatic rings. The first-order valence-corrected chi connectivity index (χ1v) is 6.65. The van der Waals surface area contributed by atoms with Crippen LogP contribution in [0.25, 0.3) is 0 Å². The summed E-state index contributed by atoms with van der Waals surface area (Å²) in [4.78, 5) is 11.6. The zero-order valence-electron chi connectivity index (χ0n) is 11.0. The lowest BCUT2D eigenvalue weighted by Crippen LogP contribution is -2.21. The van der Waals surface area contributed by atoms with Crippen LogP contribution in [0.5, 0.6) is 0 Å². The molecule has 1 amide bonds. The second-order valence-electron chi connectivity index (χ2n) is 4.74. The maximum Gasteiger partial charge on any atom is 0.224 e. The normalized spacial score (nSPS) is 12.0. The Labute approximate surface area is 114 Å². The van der Waals surface area contributed by atoms with Crippen molar-refractivity contribution in [2.45, 2.75) is 25.2 Å². The first-order chi connectivity index (χ1) is 9.27. The predicted octanol–water partition coefficient (Wildman–Crippen LogP) is 3.28. The number of hydrogen-bond donors (Lipinski definition) is 1. The summed E-state index contributed by atoms with van der Waals surface area (Å²) in [5.41, 5.74) is 7.83. The van der Waals surface area contributed by atoms with E-state index >= 15 is 0 Å². The number of benzene rings is 2. The molecule has 0 saturated carbocycles. The number of hydrogen-bond acceptors (Lipinski definition) is 1. The van der Waals surface area contributed by atoms with E-state index in [1.807, 2.05) is 48.5 Å². The molecular weight excluding hydrogens is 234 g/mol. The van der Waals surface area contributed by atoms with Crippen LogP contribution in [0.2, 0.25) is 0 Å². The summed E-state index contributed by atoms with van der Waals surface area (Å²) in [5, 5.41) is 0. The maximum absolute atomic E-state index is 11.6. The molecule has 2 nitrogen and oxygen atoms in total. The fraction of sp³-hybridized carbons (Fsp3) is 0.235. The van der Waals surface area contributed by atoms with E-state index in [0.29, 0.717) is 0 Å². The molecule has 0 bridgehead atoms. The zero-order chi connectivity index (χ0) is 13.5. The van der Waals surface area contributed by atoms with Gasteiger partial charge in [0.1, 0.15) is 0 Å². The number of aryl methyl sites for hydroxylation is 1. The smallest absolute Gasteiger partial charge is 0.224 e. The monoisotopic (exact) mass is 253 g/mol. The van der Waals surface area contributed by atoms with Crippen LogP contribution >= 0.6 is 0 Å². The van der Waals surface area contributed by atoms with E-state index in [9.17, 15) is 4.79 Å². The van der Waals surface area contributed by atoms with Crippen LogP contribution in [0.15, 0.2) is 60.7 Å². The minimum atomic E-state index is -0.237. The van der Waals surface area contributed by atoms with Gasteiger partial charge in [-0.3, -0.25) is 4.79 Å². The Balaban J connectivity index is 1.94. The zero-order valence-corrected chi connectivity index (χ0v) is 11.0. The summed E-state index contributed by atoms with van der Waals surface area (Å²) in [7, 11) is 0. The lowest BCUT2D eigenvalue weighted by atomic mass is 9.92. The Morgan fingerprint density at radius 1 is 0.947 bits per heavy atom. The number of nitrogens with two attached hydrogens (primary N) is 1. The molecule has 2 N–H and O–H groups in total. The lowest BCUT2D eigenvalue weighted by Gasteiger charge is -2.13. The van der Waals surface area contributed by atoms with Crippen LogP contribution in [-0.2, 0) is 11.2 Å². The Kier molecular flexibility index (Phi) is 4.73. The third-order valence-corrected chi connectivity index (χ3v) is 3.35. The third-order valence-electron chi connectivity index (χ3n) is 3.35. The van der Waals surface area contributed by atoms with Crippen LogP contribution in [0.1, 0.15) is 29.9 Å². The van der Waals surface area contributed by atoms with Crippen molar-refractivity contribution in [1.29, 1.82) is 0 Å². The summed E-state index contributed by atoms with van der Waals surface area (Å²) in [5.74, 6) is -0.413. The number of carbonyl (C=O) groups excluding carboxylic acids is 1. The van der Waals surface area contributed by atoms with Gasteiger partial charge in [-0.1, -0.05) is 60.7 Å². The van der Waals surface area contributed by atoms with Crippen LogP contribution in [0.3, 0.4) is 0 Å². The molecule has 0 heterocycles. The molecule has 0 saturated heterocycles. The standard InChI is InChI=1S/C17H19NO/c18-17(19)16(15-11-5-2-6-12-15)13-7-10-14-8-3-1-4-9-14/h1-6,8-9,11-12,16H,7,10,13H2,(H2,18,19). The fourth-order valence-electron chi connectivity index (χ4n) is 2.31. The Morgan fingerprint density at radius 3 is 2.11 bits per heavy atom. The first kappa shape index (κ1) is 13.3. The molecule has 1 atom stereocenters. The fourth-order valence-corrected chi connectivity index (χ4v) is 2.31. The Hall–Kier alpha value is -2.09. The van der Waals surface area contributed by atoms with Crippen molar-refractivity contribution in [1.82, 2.24) is 0 Å². The van der Waals surface area contributed by atoms with E-state index in [1.165, 1.54) is 5.56 Å². The van der Waals surface area contributed by atoms with Gasteiger partial charge in [0.05, 0.1) is 5.92 Å². The van der Waals surface area contributed by atoms with Crippen LogP contribution in [0, 0.1) is 0 Å². The average molecular weight is 253 g/mol. The van der Waals surface area contributed by atoms with Crippen molar-refractivity contribution < 1.29 is 4.79 Å². The van der Waals surface area contributed by atoms with Gasteiger partial charge in [0.25, 0.3) is 0 Å². The predicted molar refractivity (Wildman–Crippen MR) is 77.8 cm³/mol. The third kappa shape index (κ3) is 3.95. The molecule has 0 aliphatic carbocycles. The number of carbonyl (C=O) groups is 1. The highest BCUT2D eigenvalue weighted by atomic mass is 16.1. The molecule has 0 aliphatic heterocycles. The van der Waals surface area contributed by atoms with Crippen molar-refractivity contribution in [2.24, 2.45) is 5.73 Å². The van der Waals surface area contributed by atoms with Gasteiger partial charge >= 0.3 is 0 Å². The molecule has 0 radical (unpaired) electrons. The summed E-state index contributed by atoms with van der Waals surface area (Å²) in [6.45, 7) is 0. The topological polar surface area (TPSA) is 43.1 Å². The average Bonchev–Trinajstić information content (AvgIpc) is 2.45. The summed E-state index contributed by atoms with van der Waals surface area (Å²) >= 11 is 0. The van der Waals surface area contributed by atoms with Gasteiger partial charge < -0.3 is 5.73 Å². The quantitative estimate of drug-likeness (QED) is 0.843. The largest absolute Gasteiger partial charge is 0.369 e. The highest BCUT2D eigenvalue weighted by molar-refractivity contribution is 5.81. The molecule has 98 valence electrons. The van der Waals surface area contributed by atoms with Crippen molar-refractivity contribution in [3.05, 3.63) is 71.8 Å². The molecule has 19 heavy (non-hydrogen) atoms. The van der Waals surface area contributed by atoms with Gasteiger partial charge in [-0.15, -0.1) is 0 Å². The Bertz CT molecular complexity index is 507. The van der Waals surface area contributed by atoms with E-state index < -0.39 is 0 Å². The SMILES string of the molecule is NC(=O)C(CCCc1ccccc1)c1ccccc1. The molecule has 2 rings (SSSR count). The van der Waals surface area contributed by atoms with Gasteiger partial charge in [-0.25, -0.2) is 0 Å². The minimum absolute atomic E-state index is 0.176. The summed E-state index contributed by atoms with van der Waals surface area (Å²) in [6, 6.07) is 20.1. The molecule has 0 aromatic heterocycles. The van der Waals surface area contributed by atoms with E-state index in [4.69, 9.17) is 5.73 Å². The summed E-state index contributed by atoms with van der Waals surface area (Å²) in [6.07, 6.45) is 2.75. The van der Waals surface area contributed by atoms with E-state index in [2.05, 4.69) is 12.1 Å².